The van der Waals surface area contributed by atoms with E-state index in [2.05, 4.69) is 18.7 Å². The van der Waals surface area contributed by atoms with Crippen LogP contribution in [0.3, 0.4) is 0 Å². The fraction of sp³-hybridized carbons (Fsp3) is 0.600. The van der Waals surface area contributed by atoms with Crippen LogP contribution in [0.2, 0.25) is 5.02 Å². The summed E-state index contributed by atoms with van der Waals surface area (Å²) in [4.78, 5) is 2.15. The zero-order valence-electron chi connectivity index (χ0n) is 12.2. The number of benzene rings is 1. The van der Waals surface area contributed by atoms with Crippen LogP contribution in [-0.4, -0.2) is 30.6 Å². The average Bonchev–Trinajstić information content (AvgIpc) is 2.36. The molecule has 0 radical (unpaired) electrons. The maximum atomic E-state index is 14.0. The largest absolute Gasteiger partial charge is 0.326 e. The van der Waals surface area contributed by atoms with Gasteiger partial charge in [-0.05, 0) is 45.0 Å². The van der Waals surface area contributed by atoms with E-state index in [1.165, 1.54) is 0 Å². The summed E-state index contributed by atoms with van der Waals surface area (Å²) in [5, 5.41) is 0.160. The summed E-state index contributed by atoms with van der Waals surface area (Å²) in [6, 6.07) is 4.95. The minimum atomic E-state index is -0.348. The van der Waals surface area contributed by atoms with E-state index in [0.29, 0.717) is 12.0 Å². The molecule has 1 unspecified atom stereocenters. The number of hydrogen-bond donors (Lipinski definition) is 1. The molecule has 2 nitrogen and oxygen atoms in total. The molecule has 0 heterocycles. The highest BCUT2D eigenvalue weighted by molar-refractivity contribution is 6.30. The molecule has 1 aromatic carbocycles. The Morgan fingerprint density at radius 3 is 2.37 bits per heavy atom. The minimum Gasteiger partial charge on any atom is -0.326 e. The van der Waals surface area contributed by atoms with Gasteiger partial charge in [0.15, 0.2) is 0 Å². The van der Waals surface area contributed by atoms with Gasteiger partial charge in [-0.15, -0.1) is 0 Å². The van der Waals surface area contributed by atoms with Crippen molar-refractivity contribution in [3.05, 3.63) is 34.6 Å². The van der Waals surface area contributed by atoms with Gasteiger partial charge in [0.1, 0.15) is 5.82 Å². The molecule has 0 fully saturated rings. The van der Waals surface area contributed by atoms with Crippen molar-refractivity contribution in [2.24, 2.45) is 5.73 Å². The van der Waals surface area contributed by atoms with Crippen LogP contribution in [0.4, 0.5) is 4.39 Å². The third-order valence-electron chi connectivity index (χ3n) is 4.28. The fourth-order valence-electron chi connectivity index (χ4n) is 2.87. The third kappa shape index (κ3) is 3.28. The summed E-state index contributed by atoms with van der Waals surface area (Å²) in [6.45, 7) is 4.25. The SMILES string of the molecule is CCC(CC)(C(N)Cc1cccc(Cl)c1F)N(C)C. The first-order valence-corrected chi connectivity index (χ1v) is 7.12. The molecular formula is C15H24ClFN2. The molecule has 108 valence electrons. The summed E-state index contributed by atoms with van der Waals surface area (Å²) in [7, 11) is 4.06. The highest BCUT2D eigenvalue weighted by Gasteiger charge is 2.35. The van der Waals surface area contributed by atoms with Gasteiger partial charge in [0.25, 0.3) is 0 Å². The number of nitrogens with two attached hydrogens (primary N) is 1. The van der Waals surface area contributed by atoms with Crippen molar-refractivity contribution < 1.29 is 4.39 Å². The Morgan fingerprint density at radius 1 is 1.32 bits per heavy atom. The molecule has 1 rings (SSSR count). The smallest absolute Gasteiger partial charge is 0.145 e. The van der Waals surface area contributed by atoms with E-state index >= 15 is 0 Å². The molecule has 1 aromatic rings. The Labute approximate surface area is 120 Å². The van der Waals surface area contributed by atoms with E-state index in [-0.39, 0.29) is 22.4 Å². The van der Waals surface area contributed by atoms with Crippen LogP contribution in [0.1, 0.15) is 32.3 Å². The predicted molar refractivity (Wildman–Crippen MR) is 80.1 cm³/mol. The van der Waals surface area contributed by atoms with Crippen molar-refractivity contribution in [3.63, 3.8) is 0 Å². The standard InChI is InChI=1S/C15H24ClFN2/c1-5-15(6-2,19(3)4)13(18)10-11-8-7-9-12(16)14(11)17/h7-9,13H,5-6,10,18H2,1-4H3. The Kier molecular flexibility index (Phi) is 5.78. The number of nitrogens with zero attached hydrogens (tertiary/aromatic N) is 1. The van der Waals surface area contributed by atoms with Crippen LogP contribution < -0.4 is 5.73 Å². The molecule has 19 heavy (non-hydrogen) atoms. The number of rotatable bonds is 6. The summed E-state index contributed by atoms with van der Waals surface area (Å²) in [5.41, 5.74) is 6.85. The predicted octanol–water partition coefficient (Wildman–Crippen LogP) is 3.47. The van der Waals surface area contributed by atoms with E-state index in [1.54, 1.807) is 18.2 Å². The number of likely N-dealkylation sites (N-methyl/N-ethyl adjacent to an activating group) is 1. The van der Waals surface area contributed by atoms with Gasteiger partial charge < -0.3 is 10.6 Å². The van der Waals surface area contributed by atoms with Crippen LogP contribution in [0.25, 0.3) is 0 Å². The van der Waals surface area contributed by atoms with Gasteiger partial charge in [0.2, 0.25) is 0 Å². The van der Waals surface area contributed by atoms with Gasteiger partial charge in [0.05, 0.1) is 5.02 Å². The zero-order chi connectivity index (χ0) is 14.6. The number of hydrogen-bond acceptors (Lipinski definition) is 2. The van der Waals surface area contributed by atoms with E-state index in [9.17, 15) is 4.39 Å². The molecule has 0 aliphatic rings. The molecule has 0 aliphatic carbocycles. The van der Waals surface area contributed by atoms with E-state index in [1.807, 2.05) is 14.1 Å². The normalized spacial score (nSPS) is 13.9. The third-order valence-corrected chi connectivity index (χ3v) is 4.57. The van der Waals surface area contributed by atoms with E-state index in [4.69, 9.17) is 17.3 Å². The van der Waals surface area contributed by atoms with E-state index < -0.39 is 0 Å². The van der Waals surface area contributed by atoms with Crippen molar-refractivity contribution in [1.82, 2.24) is 4.90 Å². The second-order valence-corrected chi connectivity index (χ2v) is 5.64. The van der Waals surface area contributed by atoms with E-state index in [0.717, 1.165) is 12.8 Å². The topological polar surface area (TPSA) is 29.3 Å². The molecule has 0 saturated heterocycles. The molecular weight excluding hydrogens is 263 g/mol. The van der Waals surface area contributed by atoms with Crippen molar-refractivity contribution in [3.8, 4) is 0 Å². The number of halogens is 2. The molecule has 1 atom stereocenters. The van der Waals surface area contributed by atoms with Gasteiger partial charge in [-0.2, -0.15) is 0 Å². The molecule has 2 N–H and O–H groups in total. The first-order valence-electron chi connectivity index (χ1n) is 6.75. The second-order valence-electron chi connectivity index (χ2n) is 5.23. The Morgan fingerprint density at radius 2 is 1.89 bits per heavy atom. The van der Waals surface area contributed by atoms with Crippen molar-refractivity contribution in [2.45, 2.75) is 44.7 Å². The summed E-state index contributed by atoms with van der Waals surface area (Å²) >= 11 is 5.82. The Hall–Kier alpha value is -0.640. The zero-order valence-corrected chi connectivity index (χ0v) is 13.0. The quantitative estimate of drug-likeness (QED) is 0.868. The van der Waals surface area contributed by atoms with Gasteiger partial charge in [0, 0.05) is 11.6 Å². The molecule has 0 aromatic heterocycles. The summed E-state index contributed by atoms with van der Waals surface area (Å²) in [6.07, 6.45) is 2.35. The van der Waals surface area contributed by atoms with Gasteiger partial charge in [-0.1, -0.05) is 37.6 Å². The van der Waals surface area contributed by atoms with Crippen LogP contribution >= 0.6 is 11.6 Å². The van der Waals surface area contributed by atoms with Gasteiger partial charge in [-0.3, -0.25) is 0 Å². The lowest BCUT2D eigenvalue weighted by Gasteiger charge is -2.43. The first kappa shape index (κ1) is 16.4. The Bertz CT molecular complexity index is 417. The molecule has 0 aliphatic heterocycles. The monoisotopic (exact) mass is 286 g/mol. The Balaban J connectivity index is 3.00. The molecule has 4 heteroatoms. The van der Waals surface area contributed by atoms with Crippen molar-refractivity contribution in [1.29, 1.82) is 0 Å². The molecule has 0 spiro atoms. The van der Waals surface area contributed by atoms with Crippen molar-refractivity contribution >= 4 is 11.6 Å². The summed E-state index contributed by atoms with van der Waals surface area (Å²) in [5.74, 6) is -0.348. The first-order chi connectivity index (χ1) is 8.89. The maximum Gasteiger partial charge on any atom is 0.145 e. The lowest BCUT2D eigenvalue weighted by molar-refractivity contribution is 0.105. The van der Waals surface area contributed by atoms with Crippen LogP contribution in [0, 0.1) is 5.82 Å². The highest BCUT2D eigenvalue weighted by Crippen LogP contribution is 2.28. The fourth-order valence-corrected chi connectivity index (χ4v) is 3.07. The molecule has 0 bridgehead atoms. The second kappa shape index (κ2) is 6.69. The van der Waals surface area contributed by atoms with Crippen molar-refractivity contribution in [2.75, 3.05) is 14.1 Å². The summed E-state index contributed by atoms with van der Waals surface area (Å²) < 4.78 is 14.0. The van der Waals surface area contributed by atoms with Gasteiger partial charge in [-0.25, -0.2) is 4.39 Å². The lowest BCUT2D eigenvalue weighted by Crippen LogP contribution is -2.57. The van der Waals surface area contributed by atoms with Crippen LogP contribution in [0.5, 0.6) is 0 Å². The van der Waals surface area contributed by atoms with Crippen LogP contribution in [0.15, 0.2) is 18.2 Å². The molecule has 0 saturated carbocycles. The van der Waals surface area contributed by atoms with Gasteiger partial charge >= 0.3 is 0 Å². The highest BCUT2D eigenvalue weighted by atomic mass is 35.5. The average molecular weight is 287 g/mol. The lowest BCUT2D eigenvalue weighted by atomic mass is 9.80. The molecule has 0 amide bonds. The minimum absolute atomic E-state index is 0.116. The van der Waals surface area contributed by atoms with Crippen LogP contribution in [-0.2, 0) is 6.42 Å². The maximum absolute atomic E-state index is 14.0.